The zero-order chi connectivity index (χ0) is 13.3. The largest absolute Gasteiger partial charge is 0.387 e. The minimum absolute atomic E-state index is 0.138. The second-order valence-electron chi connectivity index (χ2n) is 5.20. The fraction of sp³-hybridized carbons (Fsp3) is 0.538. The molecule has 0 saturated carbocycles. The maximum atomic E-state index is 7.66. The van der Waals surface area contributed by atoms with Crippen molar-refractivity contribution in [2.75, 3.05) is 18.0 Å². The molecule has 0 bridgehead atoms. The van der Waals surface area contributed by atoms with E-state index in [4.69, 9.17) is 11.1 Å². The lowest BCUT2D eigenvalue weighted by atomic mass is 9.79. The van der Waals surface area contributed by atoms with Gasteiger partial charge in [-0.15, -0.1) is 0 Å². The molecule has 2 rings (SSSR count). The number of rotatable bonds is 2. The Balaban J connectivity index is 2.10. The number of hydrogen-bond donors (Lipinski definition) is 2. The predicted molar refractivity (Wildman–Crippen MR) is 78.1 cm³/mol. The monoisotopic (exact) mass is 310 g/mol. The predicted octanol–water partition coefficient (Wildman–Crippen LogP) is 2.69. The minimum atomic E-state index is -0.138. The van der Waals surface area contributed by atoms with Crippen molar-refractivity contribution in [2.45, 2.75) is 26.7 Å². The van der Waals surface area contributed by atoms with E-state index in [0.29, 0.717) is 5.84 Å². The quantitative estimate of drug-likeness (QED) is 0.652. The van der Waals surface area contributed by atoms with Gasteiger partial charge in [-0.3, -0.25) is 5.41 Å². The van der Waals surface area contributed by atoms with Gasteiger partial charge in [-0.1, -0.05) is 6.92 Å². The lowest BCUT2D eigenvalue weighted by Crippen LogP contribution is -2.45. The summed E-state index contributed by atoms with van der Waals surface area (Å²) in [4.78, 5) is 6.85. The van der Waals surface area contributed by atoms with Crippen molar-refractivity contribution in [2.24, 2.45) is 11.1 Å². The van der Waals surface area contributed by atoms with Crippen LogP contribution in [0.3, 0.4) is 0 Å². The van der Waals surface area contributed by atoms with Crippen LogP contribution in [-0.4, -0.2) is 23.9 Å². The summed E-state index contributed by atoms with van der Waals surface area (Å²) < 4.78 is 1.04. The minimum Gasteiger partial charge on any atom is -0.387 e. The van der Waals surface area contributed by atoms with Gasteiger partial charge in [0, 0.05) is 23.0 Å². The smallest absolute Gasteiger partial charge is 0.128 e. The highest BCUT2D eigenvalue weighted by atomic mass is 79.9. The van der Waals surface area contributed by atoms with Gasteiger partial charge in [-0.05, 0) is 47.8 Å². The number of halogens is 1. The highest BCUT2D eigenvalue weighted by Gasteiger charge is 2.33. The summed E-state index contributed by atoms with van der Waals surface area (Å²) in [6.07, 6.45) is 1.83. The van der Waals surface area contributed by atoms with E-state index in [-0.39, 0.29) is 5.41 Å². The molecule has 0 atom stereocenters. The maximum Gasteiger partial charge on any atom is 0.128 e. The van der Waals surface area contributed by atoms with Crippen LogP contribution in [0.1, 0.15) is 25.5 Å². The molecule has 0 spiro atoms. The van der Waals surface area contributed by atoms with Crippen LogP contribution in [0.2, 0.25) is 0 Å². The van der Waals surface area contributed by atoms with E-state index in [2.05, 4.69) is 32.7 Å². The third-order valence-corrected chi connectivity index (χ3v) is 4.69. The van der Waals surface area contributed by atoms with Crippen LogP contribution in [-0.2, 0) is 0 Å². The summed E-state index contributed by atoms with van der Waals surface area (Å²) in [7, 11) is 0. The van der Waals surface area contributed by atoms with Crippen molar-refractivity contribution in [3.05, 3.63) is 22.3 Å². The molecule has 2 heterocycles. The Morgan fingerprint density at radius 1 is 1.44 bits per heavy atom. The van der Waals surface area contributed by atoms with Crippen molar-refractivity contribution >= 4 is 27.6 Å². The van der Waals surface area contributed by atoms with Crippen LogP contribution in [0, 0.1) is 17.7 Å². The van der Waals surface area contributed by atoms with Crippen molar-refractivity contribution in [1.82, 2.24) is 4.98 Å². The zero-order valence-electron chi connectivity index (χ0n) is 10.8. The molecular formula is C13H19BrN4. The number of aryl methyl sites for hydroxylation is 1. The number of hydrogen-bond acceptors (Lipinski definition) is 3. The van der Waals surface area contributed by atoms with Gasteiger partial charge >= 0.3 is 0 Å². The highest BCUT2D eigenvalue weighted by Crippen LogP contribution is 2.32. The molecule has 1 aliphatic rings. The van der Waals surface area contributed by atoms with E-state index in [1.54, 1.807) is 0 Å². The molecule has 3 N–H and O–H groups in total. The van der Waals surface area contributed by atoms with Crippen molar-refractivity contribution in [3.8, 4) is 0 Å². The Kier molecular flexibility index (Phi) is 3.61. The second-order valence-corrected chi connectivity index (χ2v) is 6.05. The van der Waals surface area contributed by atoms with Crippen molar-refractivity contribution in [3.63, 3.8) is 0 Å². The number of nitrogens with one attached hydrogen (secondary N) is 1. The first-order valence-corrected chi connectivity index (χ1v) is 6.94. The molecule has 1 saturated heterocycles. The summed E-state index contributed by atoms with van der Waals surface area (Å²) in [5.41, 5.74) is 6.54. The molecule has 98 valence electrons. The standard InChI is InChI=1S/C13H19BrN4/c1-9-10(14)3-4-11(17-9)18-7-5-13(2,6-8-18)12(15)16/h3-4H,5-8H2,1-2H3,(H3,15,16). The lowest BCUT2D eigenvalue weighted by Gasteiger charge is -2.39. The second kappa shape index (κ2) is 4.88. The number of aromatic nitrogens is 1. The fourth-order valence-electron chi connectivity index (χ4n) is 2.21. The van der Waals surface area contributed by atoms with Crippen LogP contribution in [0.25, 0.3) is 0 Å². The Hall–Kier alpha value is -1.10. The molecular weight excluding hydrogens is 292 g/mol. The molecule has 18 heavy (non-hydrogen) atoms. The average Bonchev–Trinajstić information content (AvgIpc) is 2.34. The van der Waals surface area contributed by atoms with Gasteiger partial charge in [-0.25, -0.2) is 4.98 Å². The molecule has 0 aromatic carbocycles. The van der Waals surface area contributed by atoms with Gasteiger partial charge in [0.25, 0.3) is 0 Å². The summed E-state index contributed by atoms with van der Waals surface area (Å²) in [5, 5.41) is 7.66. The molecule has 0 radical (unpaired) electrons. The SMILES string of the molecule is Cc1nc(N2CCC(C)(C(=N)N)CC2)ccc1Br. The molecule has 1 aliphatic heterocycles. The van der Waals surface area contributed by atoms with E-state index < -0.39 is 0 Å². The van der Waals surface area contributed by atoms with Gasteiger partial charge in [0.1, 0.15) is 5.82 Å². The Morgan fingerprint density at radius 2 is 2.06 bits per heavy atom. The lowest BCUT2D eigenvalue weighted by molar-refractivity contribution is 0.350. The summed E-state index contributed by atoms with van der Waals surface area (Å²) in [6, 6.07) is 4.07. The van der Waals surface area contributed by atoms with E-state index >= 15 is 0 Å². The summed E-state index contributed by atoms with van der Waals surface area (Å²) >= 11 is 3.46. The third kappa shape index (κ3) is 2.51. The molecule has 1 fully saturated rings. The van der Waals surface area contributed by atoms with Crippen LogP contribution in [0.15, 0.2) is 16.6 Å². The van der Waals surface area contributed by atoms with E-state index in [9.17, 15) is 0 Å². The number of nitrogens with zero attached hydrogens (tertiary/aromatic N) is 2. The number of pyridine rings is 1. The Labute approximate surface area is 116 Å². The average molecular weight is 311 g/mol. The Bertz CT molecular complexity index is 464. The number of anilines is 1. The van der Waals surface area contributed by atoms with E-state index in [0.717, 1.165) is 41.9 Å². The highest BCUT2D eigenvalue weighted by molar-refractivity contribution is 9.10. The number of piperidine rings is 1. The molecule has 1 aromatic heterocycles. The Morgan fingerprint density at radius 3 is 2.56 bits per heavy atom. The fourth-order valence-corrected chi connectivity index (χ4v) is 2.43. The van der Waals surface area contributed by atoms with Crippen molar-refractivity contribution < 1.29 is 0 Å². The number of nitrogens with two attached hydrogens (primary N) is 1. The van der Waals surface area contributed by atoms with Gasteiger partial charge in [0.05, 0.1) is 11.5 Å². The molecule has 1 aromatic rings. The zero-order valence-corrected chi connectivity index (χ0v) is 12.4. The van der Waals surface area contributed by atoms with Gasteiger partial charge in [0.15, 0.2) is 0 Å². The van der Waals surface area contributed by atoms with E-state index in [1.807, 2.05) is 19.1 Å². The molecule has 0 amide bonds. The van der Waals surface area contributed by atoms with Gasteiger partial charge < -0.3 is 10.6 Å². The topological polar surface area (TPSA) is 66.0 Å². The third-order valence-electron chi connectivity index (χ3n) is 3.85. The first kappa shape index (κ1) is 13.3. The van der Waals surface area contributed by atoms with Crippen LogP contribution in [0.4, 0.5) is 5.82 Å². The van der Waals surface area contributed by atoms with E-state index in [1.165, 1.54) is 0 Å². The molecule has 4 nitrogen and oxygen atoms in total. The van der Waals surface area contributed by atoms with Crippen molar-refractivity contribution in [1.29, 1.82) is 5.41 Å². The molecule has 5 heteroatoms. The molecule has 0 unspecified atom stereocenters. The summed E-state index contributed by atoms with van der Waals surface area (Å²) in [6.45, 7) is 5.89. The first-order chi connectivity index (χ1) is 8.42. The van der Waals surface area contributed by atoms with Crippen LogP contribution in [0.5, 0.6) is 0 Å². The summed E-state index contributed by atoms with van der Waals surface area (Å²) in [5.74, 6) is 1.32. The van der Waals surface area contributed by atoms with Gasteiger partial charge in [0.2, 0.25) is 0 Å². The number of amidine groups is 1. The maximum absolute atomic E-state index is 7.66. The first-order valence-electron chi connectivity index (χ1n) is 6.15. The van der Waals surface area contributed by atoms with Crippen LogP contribution >= 0.6 is 15.9 Å². The molecule has 0 aliphatic carbocycles. The van der Waals surface area contributed by atoms with Crippen LogP contribution < -0.4 is 10.6 Å². The van der Waals surface area contributed by atoms with Gasteiger partial charge in [-0.2, -0.15) is 0 Å². The normalized spacial score (nSPS) is 18.7.